The Morgan fingerprint density at radius 2 is 2.50 bits per heavy atom. The van der Waals surface area contributed by atoms with Crippen LogP contribution in [0.2, 0.25) is 0 Å². The number of rotatable bonds is 2. The molecule has 3 rings (SSSR count). The molecule has 0 bridgehead atoms. The van der Waals surface area contributed by atoms with Gasteiger partial charge >= 0.3 is 0 Å². The molecule has 0 amide bonds. The molecule has 1 N–H and O–H groups in total. The number of thiophene rings is 1. The summed E-state index contributed by atoms with van der Waals surface area (Å²) in [6.07, 6.45) is 3.97. The quantitative estimate of drug-likeness (QED) is 0.848. The zero-order valence-corrected chi connectivity index (χ0v) is 10.7. The lowest BCUT2D eigenvalue weighted by molar-refractivity contribution is 0.183. The van der Waals surface area contributed by atoms with Crippen LogP contribution in [0.25, 0.3) is 0 Å². The Morgan fingerprint density at radius 1 is 1.56 bits per heavy atom. The average Bonchev–Trinajstić information content (AvgIpc) is 2.93. The van der Waals surface area contributed by atoms with Gasteiger partial charge in [0.05, 0.1) is 0 Å². The minimum Gasteiger partial charge on any atom is -0.313 e. The van der Waals surface area contributed by atoms with Crippen molar-refractivity contribution in [2.45, 2.75) is 38.3 Å². The lowest BCUT2D eigenvalue weighted by Gasteiger charge is -2.35. The van der Waals surface area contributed by atoms with Crippen molar-refractivity contribution in [3.05, 3.63) is 21.9 Å². The Morgan fingerprint density at radius 3 is 3.31 bits per heavy atom. The van der Waals surface area contributed by atoms with E-state index in [-0.39, 0.29) is 0 Å². The number of nitrogens with one attached hydrogen (secondary N) is 1. The second-order valence-electron chi connectivity index (χ2n) is 5.01. The van der Waals surface area contributed by atoms with E-state index >= 15 is 0 Å². The molecular weight excluding hydrogens is 216 g/mol. The third-order valence-electron chi connectivity index (χ3n) is 4.02. The van der Waals surface area contributed by atoms with Crippen molar-refractivity contribution in [1.29, 1.82) is 0 Å². The molecule has 0 aliphatic carbocycles. The van der Waals surface area contributed by atoms with Crippen LogP contribution in [0.4, 0.5) is 0 Å². The van der Waals surface area contributed by atoms with E-state index in [9.17, 15) is 0 Å². The molecule has 3 heteroatoms. The molecule has 1 aromatic rings. The van der Waals surface area contributed by atoms with E-state index < -0.39 is 0 Å². The van der Waals surface area contributed by atoms with Crippen molar-refractivity contribution in [2.24, 2.45) is 0 Å². The fourth-order valence-electron chi connectivity index (χ4n) is 3.01. The van der Waals surface area contributed by atoms with Gasteiger partial charge in [-0.1, -0.05) is 0 Å². The molecule has 2 nitrogen and oxygen atoms in total. The molecule has 0 radical (unpaired) electrons. The molecule has 16 heavy (non-hydrogen) atoms. The average molecular weight is 236 g/mol. The molecule has 0 saturated carbocycles. The fraction of sp³-hybridized carbons (Fsp3) is 0.692. The first-order chi connectivity index (χ1) is 7.84. The van der Waals surface area contributed by atoms with Crippen LogP contribution in [0, 0.1) is 0 Å². The highest BCUT2D eigenvalue weighted by atomic mass is 32.1. The van der Waals surface area contributed by atoms with Gasteiger partial charge in [0.2, 0.25) is 0 Å². The summed E-state index contributed by atoms with van der Waals surface area (Å²) in [6.45, 7) is 6.06. The highest BCUT2D eigenvalue weighted by Gasteiger charge is 2.27. The zero-order chi connectivity index (χ0) is 11.0. The summed E-state index contributed by atoms with van der Waals surface area (Å²) in [7, 11) is 0. The van der Waals surface area contributed by atoms with Crippen molar-refractivity contribution in [3.8, 4) is 0 Å². The Bertz CT molecular complexity index is 355. The summed E-state index contributed by atoms with van der Waals surface area (Å²) < 4.78 is 0. The molecule has 0 aromatic carbocycles. The normalized spacial score (nSPS) is 30.6. The number of hydrogen-bond donors (Lipinski definition) is 1. The standard InChI is InChI=1S/C13H20N2S/c1-10-12-5-8-16-13(12)4-7-15(10)9-11-3-2-6-14-11/h5,8,10-11,14H,2-4,6-7,9H2,1H3/t10?,11-/m1/s1. The third kappa shape index (κ3) is 1.92. The van der Waals surface area contributed by atoms with Gasteiger partial charge in [-0.05, 0) is 49.7 Å². The molecule has 1 saturated heterocycles. The molecule has 1 aromatic heterocycles. The van der Waals surface area contributed by atoms with Gasteiger partial charge in [-0.25, -0.2) is 0 Å². The molecule has 1 unspecified atom stereocenters. The predicted molar refractivity (Wildman–Crippen MR) is 69.0 cm³/mol. The van der Waals surface area contributed by atoms with E-state index in [2.05, 4.69) is 28.6 Å². The number of hydrogen-bond acceptors (Lipinski definition) is 3. The Hall–Kier alpha value is -0.380. The number of nitrogens with zero attached hydrogens (tertiary/aromatic N) is 1. The smallest absolute Gasteiger partial charge is 0.0331 e. The van der Waals surface area contributed by atoms with Gasteiger partial charge in [-0.15, -0.1) is 11.3 Å². The summed E-state index contributed by atoms with van der Waals surface area (Å²) in [5.74, 6) is 0. The van der Waals surface area contributed by atoms with Crippen LogP contribution in [0.15, 0.2) is 11.4 Å². The summed E-state index contributed by atoms with van der Waals surface area (Å²) in [6, 6.07) is 3.68. The Labute approximate surface area is 102 Å². The van der Waals surface area contributed by atoms with Gasteiger partial charge in [0.1, 0.15) is 0 Å². The largest absolute Gasteiger partial charge is 0.313 e. The predicted octanol–water partition coefficient (Wildman–Crippen LogP) is 2.42. The van der Waals surface area contributed by atoms with E-state index in [4.69, 9.17) is 0 Å². The maximum absolute atomic E-state index is 3.60. The summed E-state index contributed by atoms with van der Waals surface area (Å²) in [5, 5.41) is 5.85. The van der Waals surface area contributed by atoms with Crippen molar-refractivity contribution in [1.82, 2.24) is 10.2 Å². The van der Waals surface area contributed by atoms with Gasteiger partial charge in [0, 0.05) is 30.1 Å². The van der Waals surface area contributed by atoms with E-state index in [0.717, 1.165) is 6.04 Å². The lowest BCUT2D eigenvalue weighted by Crippen LogP contribution is -2.41. The van der Waals surface area contributed by atoms with E-state index in [1.807, 2.05) is 11.3 Å². The summed E-state index contributed by atoms with van der Waals surface area (Å²) >= 11 is 1.93. The first-order valence-electron chi connectivity index (χ1n) is 6.38. The maximum atomic E-state index is 3.60. The van der Waals surface area contributed by atoms with E-state index in [1.54, 1.807) is 10.4 Å². The molecule has 2 aliphatic rings. The highest BCUT2D eigenvalue weighted by molar-refractivity contribution is 7.10. The Balaban J connectivity index is 1.69. The molecule has 2 aliphatic heterocycles. The van der Waals surface area contributed by atoms with Crippen LogP contribution in [0.5, 0.6) is 0 Å². The second kappa shape index (κ2) is 4.47. The monoisotopic (exact) mass is 236 g/mol. The summed E-state index contributed by atoms with van der Waals surface area (Å²) in [5.41, 5.74) is 1.58. The van der Waals surface area contributed by atoms with E-state index in [1.165, 1.54) is 38.9 Å². The van der Waals surface area contributed by atoms with Gasteiger partial charge in [-0.3, -0.25) is 4.90 Å². The topological polar surface area (TPSA) is 15.3 Å². The highest BCUT2D eigenvalue weighted by Crippen LogP contribution is 2.33. The van der Waals surface area contributed by atoms with Crippen LogP contribution in [0.3, 0.4) is 0 Å². The first kappa shape index (κ1) is 10.8. The minimum atomic E-state index is 0.623. The van der Waals surface area contributed by atoms with Crippen LogP contribution >= 0.6 is 11.3 Å². The Kier molecular flexibility index (Phi) is 3.01. The maximum Gasteiger partial charge on any atom is 0.0331 e. The van der Waals surface area contributed by atoms with E-state index in [0.29, 0.717) is 6.04 Å². The first-order valence-corrected chi connectivity index (χ1v) is 7.26. The second-order valence-corrected chi connectivity index (χ2v) is 6.01. The van der Waals surface area contributed by atoms with Gasteiger partial charge in [0.25, 0.3) is 0 Å². The summed E-state index contributed by atoms with van der Waals surface area (Å²) in [4.78, 5) is 4.26. The van der Waals surface area contributed by atoms with Gasteiger partial charge < -0.3 is 5.32 Å². The number of fused-ring (bicyclic) bond motifs is 1. The lowest BCUT2D eigenvalue weighted by atomic mass is 10.0. The van der Waals surface area contributed by atoms with Crippen molar-refractivity contribution in [3.63, 3.8) is 0 Å². The van der Waals surface area contributed by atoms with Crippen LogP contribution in [-0.2, 0) is 6.42 Å². The minimum absolute atomic E-state index is 0.623. The van der Waals surface area contributed by atoms with Crippen molar-refractivity contribution in [2.75, 3.05) is 19.6 Å². The van der Waals surface area contributed by atoms with Crippen LogP contribution < -0.4 is 5.32 Å². The van der Waals surface area contributed by atoms with Crippen LogP contribution in [0.1, 0.15) is 36.2 Å². The van der Waals surface area contributed by atoms with Gasteiger partial charge in [0.15, 0.2) is 0 Å². The molecule has 3 heterocycles. The third-order valence-corrected chi connectivity index (χ3v) is 5.02. The fourth-order valence-corrected chi connectivity index (χ4v) is 3.97. The van der Waals surface area contributed by atoms with Gasteiger partial charge in [-0.2, -0.15) is 0 Å². The molecular formula is C13H20N2S. The van der Waals surface area contributed by atoms with Crippen LogP contribution in [-0.4, -0.2) is 30.6 Å². The molecule has 2 atom stereocenters. The molecule has 88 valence electrons. The zero-order valence-electron chi connectivity index (χ0n) is 9.91. The van der Waals surface area contributed by atoms with Crippen molar-refractivity contribution >= 4 is 11.3 Å². The SMILES string of the molecule is CC1c2ccsc2CCN1C[C@H]1CCCN1. The van der Waals surface area contributed by atoms with Crippen molar-refractivity contribution < 1.29 is 0 Å². The molecule has 1 fully saturated rings. The molecule has 0 spiro atoms.